The predicted molar refractivity (Wildman–Crippen MR) is 102 cm³/mol. The molecule has 0 aliphatic carbocycles. The molecule has 2 rings (SSSR count). The molecule has 2 aromatic rings. The van der Waals surface area contributed by atoms with Crippen LogP contribution in [0.25, 0.3) is 0 Å². The van der Waals surface area contributed by atoms with Crippen molar-refractivity contribution in [3.8, 4) is 0 Å². The van der Waals surface area contributed by atoms with E-state index >= 15 is 0 Å². The van der Waals surface area contributed by atoms with Crippen LogP contribution in [0.2, 0.25) is 5.02 Å². The van der Waals surface area contributed by atoms with Crippen LogP contribution in [0, 0.1) is 6.92 Å². The molecule has 1 aromatic carbocycles. The number of methoxy groups -OCH3 is 1. The van der Waals surface area contributed by atoms with Crippen LogP contribution in [0.4, 0.5) is 0 Å². The quantitative estimate of drug-likeness (QED) is 0.658. The van der Waals surface area contributed by atoms with Crippen LogP contribution in [0.15, 0.2) is 24.3 Å². The minimum absolute atomic E-state index is 0.278. The number of halogens is 1. The second-order valence-corrected chi connectivity index (χ2v) is 6.42. The Morgan fingerprint density at radius 1 is 1.12 bits per heavy atom. The van der Waals surface area contributed by atoms with E-state index in [0.717, 1.165) is 29.6 Å². The molecule has 6 heteroatoms. The summed E-state index contributed by atoms with van der Waals surface area (Å²) in [7, 11) is 1.61. The number of nitrogens with zero attached hydrogens (tertiary/aromatic N) is 3. The number of aromatic nitrogens is 3. The molecule has 25 heavy (non-hydrogen) atoms. The van der Waals surface area contributed by atoms with Crippen LogP contribution in [-0.2, 0) is 16.0 Å². The van der Waals surface area contributed by atoms with Gasteiger partial charge in [-0.25, -0.2) is 0 Å². The molecule has 0 spiro atoms. The third-order valence-electron chi connectivity index (χ3n) is 3.79. The highest BCUT2D eigenvalue weighted by atomic mass is 35.5. The van der Waals surface area contributed by atoms with Crippen molar-refractivity contribution in [2.45, 2.75) is 59.6 Å². The Morgan fingerprint density at radius 2 is 1.76 bits per heavy atom. The molecule has 5 nitrogen and oxygen atoms in total. The van der Waals surface area contributed by atoms with Crippen LogP contribution in [-0.4, -0.2) is 34.8 Å². The minimum Gasteiger partial charge on any atom is -0.359 e. The van der Waals surface area contributed by atoms with Crippen molar-refractivity contribution in [3.05, 3.63) is 46.5 Å². The van der Waals surface area contributed by atoms with E-state index in [9.17, 15) is 0 Å². The highest BCUT2D eigenvalue weighted by Crippen LogP contribution is 2.27. The fraction of sp³-hybridized carbons (Fsp3) is 0.579. The standard InChI is InChI=1S/C14H18ClN3.C5H12O2/c1-4-13(11-6-8-12(15)9-7-11)14-17-16-10(3)18(14)5-2;1-5(2)7-4-6-3/h6-9,13H,4-5H2,1-3H3;5H,4H2,1-3H3/t13-;/m0./s1. The first-order valence-electron chi connectivity index (χ1n) is 8.70. The van der Waals surface area contributed by atoms with Gasteiger partial charge in [0.15, 0.2) is 0 Å². The summed E-state index contributed by atoms with van der Waals surface area (Å²) in [6, 6.07) is 8.00. The molecule has 0 unspecified atom stereocenters. The number of ether oxygens (including phenoxy) is 2. The zero-order valence-corrected chi connectivity index (χ0v) is 16.9. The van der Waals surface area contributed by atoms with E-state index in [4.69, 9.17) is 16.3 Å². The minimum atomic E-state index is 0.278. The number of benzene rings is 1. The van der Waals surface area contributed by atoms with Gasteiger partial charge in [-0.3, -0.25) is 0 Å². The van der Waals surface area contributed by atoms with Crippen LogP contribution < -0.4 is 0 Å². The Hall–Kier alpha value is -1.43. The fourth-order valence-electron chi connectivity index (χ4n) is 2.51. The highest BCUT2D eigenvalue weighted by Gasteiger charge is 2.19. The van der Waals surface area contributed by atoms with Crippen molar-refractivity contribution >= 4 is 11.6 Å². The summed E-state index contributed by atoms with van der Waals surface area (Å²) >= 11 is 5.94. The molecular weight excluding hydrogens is 338 g/mol. The predicted octanol–water partition coefficient (Wildman–Crippen LogP) is 4.82. The van der Waals surface area contributed by atoms with Gasteiger partial charge in [0.05, 0.1) is 6.10 Å². The lowest BCUT2D eigenvalue weighted by Crippen LogP contribution is -2.10. The Kier molecular flexibility index (Phi) is 9.71. The van der Waals surface area contributed by atoms with Crippen molar-refractivity contribution in [2.24, 2.45) is 0 Å². The summed E-state index contributed by atoms with van der Waals surface area (Å²) in [6.45, 7) is 11.5. The van der Waals surface area contributed by atoms with E-state index in [1.54, 1.807) is 7.11 Å². The smallest absolute Gasteiger partial charge is 0.146 e. The molecule has 0 saturated heterocycles. The van der Waals surface area contributed by atoms with E-state index < -0.39 is 0 Å². The number of rotatable bonds is 7. The van der Waals surface area contributed by atoms with Crippen LogP contribution in [0.1, 0.15) is 57.2 Å². The second kappa shape index (κ2) is 11.2. The zero-order valence-electron chi connectivity index (χ0n) is 16.1. The Balaban J connectivity index is 0.000000381. The second-order valence-electron chi connectivity index (χ2n) is 5.98. The van der Waals surface area contributed by atoms with Gasteiger partial charge in [0.25, 0.3) is 0 Å². The molecule has 140 valence electrons. The largest absolute Gasteiger partial charge is 0.359 e. The summed E-state index contributed by atoms with van der Waals surface area (Å²) in [5, 5.41) is 9.29. The topological polar surface area (TPSA) is 49.2 Å². The first-order chi connectivity index (χ1) is 11.9. The normalized spacial score (nSPS) is 12.0. The lowest BCUT2D eigenvalue weighted by Gasteiger charge is -2.16. The monoisotopic (exact) mass is 367 g/mol. The molecular formula is C19H30ClN3O2. The van der Waals surface area contributed by atoms with E-state index in [1.807, 2.05) is 32.9 Å². The highest BCUT2D eigenvalue weighted by molar-refractivity contribution is 6.30. The van der Waals surface area contributed by atoms with Gasteiger partial charge >= 0.3 is 0 Å². The molecule has 0 aliphatic rings. The molecule has 0 amide bonds. The molecule has 1 aromatic heterocycles. The molecule has 0 N–H and O–H groups in total. The van der Waals surface area contributed by atoms with E-state index in [-0.39, 0.29) is 12.0 Å². The zero-order chi connectivity index (χ0) is 18.8. The van der Waals surface area contributed by atoms with Crippen LogP contribution in [0.5, 0.6) is 0 Å². The van der Waals surface area contributed by atoms with Crippen molar-refractivity contribution in [1.29, 1.82) is 0 Å². The number of aryl methyl sites for hydroxylation is 1. The van der Waals surface area contributed by atoms with E-state index in [1.165, 1.54) is 5.56 Å². The van der Waals surface area contributed by atoms with Gasteiger partial charge in [0.2, 0.25) is 0 Å². The van der Waals surface area contributed by atoms with Gasteiger partial charge in [-0.15, -0.1) is 10.2 Å². The average molecular weight is 368 g/mol. The summed E-state index contributed by atoms with van der Waals surface area (Å²) < 4.78 is 11.8. The lowest BCUT2D eigenvalue weighted by atomic mass is 9.95. The Morgan fingerprint density at radius 3 is 2.20 bits per heavy atom. The molecule has 1 atom stereocenters. The van der Waals surface area contributed by atoms with Crippen molar-refractivity contribution in [3.63, 3.8) is 0 Å². The molecule has 0 aliphatic heterocycles. The van der Waals surface area contributed by atoms with Crippen molar-refractivity contribution in [1.82, 2.24) is 14.8 Å². The Bertz CT molecular complexity index is 612. The molecule has 0 radical (unpaired) electrons. The molecule has 0 saturated carbocycles. The third-order valence-corrected chi connectivity index (χ3v) is 4.04. The van der Waals surface area contributed by atoms with Gasteiger partial charge in [-0.2, -0.15) is 0 Å². The first-order valence-corrected chi connectivity index (χ1v) is 9.07. The van der Waals surface area contributed by atoms with E-state index in [2.05, 4.69) is 45.5 Å². The summed E-state index contributed by atoms with van der Waals surface area (Å²) in [5.41, 5.74) is 1.24. The average Bonchev–Trinajstić information content (AvgIpc) is 2.96. The van der Waals surface area contributed by atoms with Crippen LogP contribution in [0.3, 0.4) is 0 Å². The maximum absolute atomic E-state index is 5.94. The molecule has 0 bridgehead atoms. The van der Waals surface area contributed by atoms with Crippen LogP contribution >= 0.6 is 11.6 Å². The van der Waals surface area contributed by atoms with Gasteiger partial charge < -0.3 is 14.0 Å². The molecule has 1 heterocycles. The van der Waals surface area contributed by atoms with Gasteiger partial charge in [0.1, 0.15) is 18.4 Å². The maximum Gasteiger partial charge on any atom is 0.146 e. The summed E-state index contributed by atoms with van der Waals surface area (Å²) in [4.78, 5) is 0. The van der Waals surface area contributed by atoms with Gasteiger partial charge in [-0.05, 0) is 51.8 Å². The maximum atomic E-state index is 5.94. The lowest BCUT2D eigenvalue weighted by molar-refractivity contribution is -0.0587. The third kappa shape index (κ3) is 6.77. The van der Waals surface area contributed by atoms with E-state index in [0.29, 0.717) is 6.79 Å². The van der Waals surface area contributed by atoms with Gasteiger partial charge in [-0.1, -0.05) is 30.7 Å². The first kappa shape index (κ1) is 21.6. The number of hydrogen-bond acceptors (Lipinski definition) is 4. The molecule has 0 fully saturated rings. The van der Waals surface area contributed by atoms with Crippen molar-refractivity contribution < 1.29 is 9.47 Å². The van der Waals surface area contributed by atoms with Gasteiger partial charge in [0, 0.05) is 24.6 Å². The number of hydrogen-bond donors (Lipinski definition) is 0. The fourth-order valence-corrected chi connectivity index (χ4v) is 2.64. The Labute approximate surface area is 156 Å². The summed E-state index contributed by atoms with van der Waals surface area (Å²) in [5.74, 6) is 2.29. The summed E-state index contributed by atoms with van der Waals surface area (Å²) in [6.07, 6.45) is 1.28. The van der Waals surface area contributed by atoms with Crippen molar-refractivity contribution in [2.75, 3.05) is 13.9 Å². The SMILES string of the molecule is CC[C@@H](c1ccc(Cl)cc1)c1nnc(C)n1CC.COCOC(C)C.